The van der Waals surface area contributed by atoms with Gasteiger partial charge in [0, 0.05) is 5.92 Å². The molecule has 2 unspecified atom stereocenters. The smallest absolute Gasteiger partial charge is 0.152 e. The molecule has 0 aliphatic carbocycles. The molecule has 2 atom stereocenters. The first-order valence-electron chi connectivity index (χ1n) is 6.17. The van der Waals surface area contributed by atoms with Crippen LogP contribution in [0.15, 0.2) is 0 Å². The van der Waals surface area contributed by atoms with Gasteiger partial charge in [-0.3, -0.25) is 4.79 Å². The topological polar surface area (TPSA) is 29.1 Å². The third-order valence-corrected chi connectivity index (χ3v) is 3.11. The maximum atomic E-state index is 11.9. The lowest BCUT2D eigenvalue weighted by atomic mass is 9.87. The summed E-state index contributed by atoms with van der Waals surface area (Å²) in [6, 6.07) is 0.0485. The first kappa shape index (κ1) is 14.6. The number of rotatable bonds is 7. The lowest BCUT2D eigenvalue weighted by molar-refractivity contribution is -0.124. The highest BCUT2D eigenvalue weighted by Gasteiger charge is 2.23. The van der Waals surface area contributed by atoms with E-state index in [0.717, 1.165) is 13.0 Å². The molecule has 15 heavy (non-hydrogen) atoms. The minimum absolute atomic E-state index is 0.0485. The highest BCUT2D eigenvalue weighted by molar-refractivity contribution is 5.85. The van der Waals surface area contributed by atoms with Gasteiger partial charge in [-0.2, -0.15) is 0 Å². The third kappa shape index (κ3) is 5.31. The van der Waals surface area contributed by atoms with Crippen molar-refractivity contribution >= 4 is 5.78 Å². The van der Waals surface area contributed by atoms with Crippen LogP contribution in [-0.4, -0.2) is 18.4 Å². The first-order chi connectivity index (χ1) is 6.90. The van der Waals surface area contributed by atoms with Gasteiger partial charge in [-0.05, 0) is 24.8 Å². The molecule has 1 N–H and O–H groups in total. The van der Waals surface area contributed by atoms with Gasteiger partial charge in [0.2, 0.25) is 0 Å². The molecule has 0 aromatic rings. The lowest BCUT2D eigenvalue weighted by Gasteiger charge is -2.24. The molecule has 2 nitrogen and oxygen atoms in total. The van der Waals surface area contributed by atoms with Gasteiger partial charge in [0.1, 0.15) is 0 Å². The van der Waals surface area contributed by atoms with Crippen molar-refractivity contribution in [3.05, 3.63) is 0 Å². The molecule has 0 aromatic heterocycles. The molecular weight excluding hydrogens is 186 g/mol. The van der Waals surface area contributed by atoms with E-state index in [9.17, 15) is 4.79 Å². The molecular formula is C13H27NO. The maximum absolute atomic E-state index is 11.9. The predicted molar refractivity (Wildman–Crippen MR) is 65.9 cm³/mol. The van der Waals surface area contributed by atoms with Gasteiger partial charge in [0.05, 0.1) is 6.04 Å². The zero-order chi connectivity index (χ0) is 12.0. The van der Waals surface area contributed by atoms with Crippen molar-refractivity contribution in [2.24, 2.45) is 17.8 Å². The van der Waals surface area contributed by atoms with E-state index >= 15 is 0 Å². The minimum Gasteiger partial charge on any atom is -0.308 e. The lowest BCUT2D eigenvalue weighted by Crippen LogP contribution is -2.40. The van der Waals surface area contributed by atoms with Crippen LogP contribution in [0.1, 0.15) is 48.0 Å². The number of carbonyl (C=O) groups is 1. The van der Waals surface area contributed by atoms with E-state index in [2.05, 4.69) is 33.0 Å². The molecule has 2 heteroatoms. The van der Waals surface area contributed by atoms with E-state index in [0.29, 0.717) is 17.6 Å². The SMILES string of the molecule is CCNC(CC(C)C(C)C)C(=O)C(C)C. The Bertz CT molecular complexity index is 187. The average molecular weight is 213 g/mol. The number of nitrogens with one attached hydrogen (secondary N) is 1. The monoisotopic (exact) mass is 213 g/mol. The third-order valence-electron chi connectivity index (χ3n) is 3.11. The van der Waals surface area contributed by atoms with Crippen LogP contribution in [0.25, 0.3) is 0 Å². The van der Waals surface area contributed by atoms with Crippen LogP contribution >= 0.6 is 0 Å². The summed E-state index contributed by atoms with van der Waals surface area (Å²) in [6.07, 6.45) is 0.961. The van der Waals surface area contributed by atoms with Crippen LogP contribution in [0.4, 0.5) is 0 Å². The molecule has 0 aliphatic heterocycles. The Kier molecular flexibility index (Phi) is 6.82. The highest BCUT2D eigenvalue weighted by atomic mass is 16.1. The predicted octanol–water partition coefficient (Wildman–Crippen LogP) is 2.87. The summed E-state index contributed by atoms with van der Waals surface area (Å²) in [4.78, 5) is 11.9. The minimum atomic E-state index is 0.0485. The number of carbonyl (C=O) groups excluding carboxylic acids is 1. The van der Waals surface area contributed by atoms with Crippen molar-refractivity contribution in [1.29, 1.82) is 0 Å². The Morgan fingerprint density at radius 1 is 1.13 bits per heavy atom. The summed E-state index contributed by atoms with van der Waals surface area (Å²) in [5.41, 5.74) is 0. The van der Waals surface area contributed by atoms with Crippen LogP contribution < -0.4 is 5.32 Å². The molecule has 0 amide bonds. The van der Waals surface area contributed by atoms with Crippen molar-refractivity contribution < 1.29 is 4.79 Å². The second-order valence-electron chi connectivity index (χ2n) is 5.12. The van der Waals surface area contributed by atoms with E-state index in [1.54, 1.807) is 0 Å². The molecule has 0 saturated carbocycles. The van der Waals surface area contributed by atoms with Crippen LogP contribution in [-0.2, 0) is 4.79 Å². The zero-order valence-corrected chi connectivity index (χ0v) is 11.1. The summed E-state index contributed by atoms with van der Waals surface area (Å²) in [5.74, 6) is 1.72. The van der Waals surface area contributed by atoms with Crippen LogP contribution in [0.2, 0.25) is 0 Å². The normalized spacial score (nSPS) is 15.7. The second kappa shape index (κ2) is 7.00. The van der Waals surface area contributed by atoms with Gasteiger partial charge >= 0.3 is 0 Å². The van der Waals surface area contributed by atoms with Gasteiger partial charge in [0.25, 0.3) is 0 Å². The van der Waals surface area contributed by atoms with Gasteiger partial charge < -0.3 is 5.32 Å². The second-order valence-corrected chi connectivity index (χ2v) is 5.12. The summed E-state index contributed by atoms with van der Waals surface area (Å²) >= 11 is 0. The Labute approximate surface area is 94.8 Å². The van der Waals surface area contributed by atoms with Crippen molar-refractivity contribution in [3.63, 3.8) is 0 Å². The summed E-state index contributed by atoms with van der Waals surface area (Å²) < 4.78 is 0. The standard InChI is InChI=1S/C13H27NO/c1-7-14-12(13(15)10(4)5)8-11(6)9(2)3/h9-12,14H,7-8H2,1-6H3. The Hall–Kier alpha value is -0.370. The van der Waals surface area contributed by atoms with Gasteiger partial charge in [0.15, 0.2) is 5.78 Å². The van der Waals surface area contributed by atoms with E-state index in [1.165, 1.54) is 0 Å². The number of Topliss-reactive ketones (excluding diaryl/α,β-unsaturated/α-hetero) is 1. The fourth-order valence-electron chi connectivity index (χ4n) is 1.59. The number of likely N-dealkylation sites (N-methyl/N-ethyl adjacent to an activating group) is 1. The first-order valence-corrected chi connectivity index (χ1v) is 6.17. The van der Waals surface area contributed by atoms with Gasteiger partial charge in [-0.15, -0.1) is 0 Å². The van der Waals surface area contributed by atoms with Crippen LogP contribution in [0, 0.1) is 17.8 Å². The molecule has 0 heterocycles. The summed E-state index contributed by atoms with van der Waals surface area (Å²) in [7, 11) is 0. The molecule has 0 bridgehead atoms. The summed E-state index contributed by atoms with van der Waals surface area (Å²) in [5, 5.41) is 3.30. The molecule has 90 valence electrons. The fraction of sp³-hybridized carbons (Fsp3) is 0.923. The van der Waals surface area contributed by atoms with Crippen molar-refractivity contribution in [2.75, 3.05) is 6.54 Å². The van der Waals surface area contributed by atoms with E-state index in [1.807, 2.05) is 13.8 Å². The Morgan fingerprint density at radius 2 is 1.67 bits per heavy atom. The molecule has 0 aromatic carbocycles. The molecule has 0 spiro atoms. The van der Waals surface area contributed by atoms with E-state index in [4.69, 9.17) is 0 Å². The molecule has 0 saturated heterocycles. The quantitative estimate of drug-likeness (QED) is 0.704. The van der Waals surface area contributed by atoms with Crippen LogP contribution in [0.3, 0.4) is 0 Å². The Balaban J connectivity index is 4.33. The zero-order valence-electron chi connectivity index (χ0n) is 11.1. The summed E-state index contributed by atoms with van der Waals surface area (Å²) in [6.45, 7) is 13.5. The fourth-order valence-corrected chi connectivity index (χ4v) is 1.59. The Morgan fingerprint density at radius 3 is 2.00 bits per heavy atom. The van der Waals surface area contributed by atoms with Crippen molar-refractivity contribution in [2.45, 2.75) is 54.0 Å². The van der Waals surface area contributed by atoms with E-state index < -0.39 is 0 Å². The molecule has 0 radical (unpaired) electrons. The number of hydrogen-bond acceptors (Lipinski definition) is 2. The largest absolute Gasteiger partial charge is 0.308 e. The van der Waals surface area contributed by atoms with Crippen molar-refractivity contribution in [3.8, 4) is 0 Å². The molecule has 0 fully saturated rings. The average Bonchev–Trinajstić information content (AvgIpc) is 2.15. The van der Waals surface area contributed by atoms with Gasteiger partial charge in [-0.25, -0.2) is 0 Å². The van der Waals surface area contributed by atoms with Crippen molar-refractivity contribution in [1.82, 2.24) is 5.32 Å². The highest BCUT2D eigenvalue weighted by Crippen LogP contribution is 2.18. The van der Waals surface area contributed by atoms with E-state index in [-0.39, 0.29) is 12.0 Å². The van der Waals surface area contributed by atoms with Crippen LogP contribution in [0.5, 0.6) is 0 Å². The maximum Gasteiger partial charge on any atom is 0.152 e. The molecule has 0 aliphatic rings. The number of ketones is 1. The number of hydrogen-bond donors (Lipinski definition) is 1. The molecule has 0 rings (SSSR count). The van der Waals surface area contributed by atoms with Gasteiger partial charge in [-0.1, -0.05) is 41.5 Å².